The monoisotopic (exact) mass is 473 g/mol. The second-order valence-electron chi connectivity index (χ2n) is 8.67. The van der Waals surface area contributed by atoms with Crippen LogP contribution in [0.1, 0.15) is 48.6 Å². The van der Waals surface area contributed by atoms with Gasteiger partial charge in [0.2, 0.25) is 0 Å². The van der Waals surface area contributed by atoms with Crippen LogP contribution in [-0.2, 0) is 9.59 Å². The van der Waals surface area contributed by atoms with E-state index in [0.29, 0.717) is 40.5 Å². The van der Waals surface area contributed by atoms with Gasteiger partial charge in [0.05, 0.1) is 6.26 Å². The minimum atomic E-state index is -0.584. The Morgan fingerprint density at radius 3 is 2.65 bits per heavy atom. The van der Waals surface area contributed by atoms with Crippen LogP contribution < -0.4 is 10.6 Å². The van der Waals surface area contributed by atoms with Gasteiger partial charge in [-0.05, 0) is 56.2 Å². The molecule has 0 saturated carbocycles. The van der Waals surface area contributed by atoms with Gasteiger partial charge in [-0.1, -0.05) is 35.9 Å². The minimum absolute atomic E-state index is 0.0217. The van der Waals surface area contributed by atoms with Crippen LogP contribution in [-0.4, -0.2) is 16.7 Å². The van der Waals surface area contributed by atoms with Crippen LogP contribution in [0, 0.1) is 6.92 Å². The Morgan fingerprint density at radius 1 is 1.09 bits per heavy atom. The van der Waals surface area contributed by atoms with Crippen molar-refractivity contribution in [3.63, 3.8) is 0 Å². The molecule has 2 aromatic heterocycles. The summed E-state index contributed by atoms with van der Waals surface area (Å²) in [5.41, 5.74) is 4.06. The predicted molar refractivity (Wildman–Crippen MR) is 130 cm³/mol. The molecular weight excluding hydrogens is 450 g/mol. The van der Waals surface area contributed by atoms with E-state index < -0.39 is 5.92 Å². The maximum absolute atomic E-state index is 13.6. The summed E-state index contributed by atoms with van der Waals surface area (Å²) in [5.74, 6) is 0.259. The molecule has 1 amide bonds. The van der Waals surface area contributed by atoms with Crippen molar-refractivity contribution in [3.05, 3.63) is 105 Å². The van der Waals surface area contributed by atoms with Crippen LogP contribution in [0.2, 0.25) is 5.02 Å². The fourth-order valence-electron chi connectivity index (χ4n) is 4.88. The number of carbonyl (C=O) groups excluding carboxylic acids is 2. The fourth-order valence-corrected chi connectivity index (χ4v) is 5.13. The van der Waals surface area contributed by atoms with Gasteiger partial charge in [-0.2, -0.15) is 0 Å². The number of Topliss-reactive ketones (excluding diaryl/α,β-unsaturated/α-hetero) is 1. The lowest BCUT2D eigenvalue weighted by molar-refractivity contribution is -0.116. The van der Waals surface area contributed by atoms with Crippen molar-refractivity contribution in [1.29, 1.82) is 0 Å². The van der Waals surface area contributed by atoms with Crippen LogP contribution in [0.3, 0.4) is 0 Å². The number of halogens is 1. The van der Waals surface area contributed by atoms with Crippen LogP contribution in [0.15, 0.2) is 87.8 Å². The number of aromatic nitrogens is 1. The van der Waals surface area contributed by atoms with E-state index in [0.717, 1.165) is 22.7 Å². The Balaban J connectivity index is 1.58. The van der Waals surface area contributed by atoms with Crippen molar-refractivity contribution in [1.82, 2.24) is 10.3 Å². The average Bonchev–Trinajstić information content (AvgIpc) is 3.33. The number of amides is 1. The number of ketones is 1. The van der Waals surface area contributed by atoms with Gasteiger partial charge in [-0.25, -0.2) is 4.98 Å². The van der Waals surface area contributed by atoms with Crippen LogP contribution in [0.25, 0.3) is 0 Å². The zero-order valence-electron chi connectivity index (χ0n) is 18.9. The van der Waals surface area contributed by atoms with Gasteiger partial charge in [0, 0.05) is 51.5 Å². The third-order valence-electron chi connectivity index (χ3n) is 6.36. The van der Waals surface area contributed by atoms with Gasteiger partial charge >= 0.3 is 0 Å². The first-order valence-electron chi connectivity index (χ1n) is 11.2. The molecule has 5 rings (SSSR count). The number of allylic oxidation sites excluding steroid dienone is 3. The van der Waals surface area contributed by atoms with E-state index in [9.17, 15) is 9.59 Å². The number of benzene rings is 1. The highest BCUT2D eigenvalue weighted by Crippen LogP contribution is 2.47. The average molecular weight is 474 g/mol. The standard InChI is InChI=1S/C27H24ClN3O3/c1-15-7-5-11-23(29-15)31-27(33)24-16(2)30-20-13-17(22-10-6-12-34-22)14-21(32)26(20)25(24)18-8-3-4-9-19(18)28/h3-12,17,25,30H,13-14H2,1-2H3,(H,29,31,33). The normalized spacial score (nSPS) is 20.1. The summed E-state index contributed by atoms with van der Waals surface area (Å²) in [5, 5.41) is 6.77. The van der Waals surface area contributed by atoms with E-state index >= 15 is 0 Å². The van der Waals surface area contributed by atoms with E-state index in [1.165, 1.54) is 0 Å². The topological polar surface area (TPSA) is 84.2 Å². The predicted octanol–water partition coefficient (Wildman–Crippen LogP) is 5.64. The zero-order chi connectivity index (χ0) is 23.8. The van der Waals surface area contributed by atoms with Gasteiger partial charge in [-0.15, -0.1) is 0 Å². The number of hydrogen-bond acceptors (Lipinski definition) is 5. The molecule has 172 valence electrons. The molecule has 6 nitrogen and oxygen atoms in total. The van der Waals surface area contributed by atoms with E-state index in [-0.39, 0.29) is 17.6 Å². The molecule has 0 spiro atoms. The first-order chi connectivity index (χ1) is 16.4. The largest absolute Gasteiger partial charge is 0.469 e. The van der Waals surface area contributed by atoms with E-state index in [1.54, 1.807) is 18.4 Å². The summed E-state index contributed by atoms with van der Waals surface area (Å²) in [4.78, 5) is 31.5. The summed E-state index contributed by atoms with van der Waals surface area (Å²) >= 11 is 6.61. The van der Waals surface area contributed by atoms with Gasteiger partial charge < -0.3 is 15.1 Å². The highest BCUT2D eigenvalue weighted by atomic mass is 35.5. The summed E-state index contributed by atoms with van der Waals surface area (Å²) in [6, 6.07) is 16.5. The number of anilines is 1. The Hall–Kier alpha value is -3.64. The van der Waals surface area contributed by atoms with Crippen molar-refractivity contribution in [3.8, 4) is 0 Å². The number of rotatable bonds is 4. The molecule has 0 radical (unpaired) electrons. The highest BCUT2D eigenvalue weighted by Gasteiger charge is 2.42. The Kier molecular flexibility index (Phi) is 5.84. The molecule has 1 aromatic carbocycles. The fraction of sp³-hybridized carbons (Fsp3) is 0.222. The summed E-state index contributed by atoms with van der Waals surface area (Å²) in [7, 11) is 0. The molecule has 1 aliphatic heterocycles. The number of pyridine rings is 1. The number of aryl methyl sites for hydroxylation is 1. The molecule has 7 heteroatoms. The molecular formula is C27H24ClN3O3. The molecule has 0 fully saturated rings. The van der Waals surface area contributed by atoms with Gasteiger partial charge in [0.25, 0.3) is 5.91 Å². The second-order valence-corrected chi connectivity index (χ2v) is 9.08. The quantitative estimate of drug-likeness (QED) is 0.512. The van der Waals surface area contributed by atoms with Gasteiger partial charge in [0.15, 0.2) is 5.78 Å². The lowest BCUT2D eigenvalue weighted by Crippen LogP contribution is -2.37. The number of dihydropyridines is 1. The maximum Gasteiger partial charge on any atom is 0.255 e. The van der Waals surface area contributed by atoms with Crippen LogP contribution in [0.5, 0.6) is 0 Å². The van der Waals surface area contributed by atoms with Gasteiger partial charge in [0.1, 0.15) is 11.6 Å². The molecule has 2 N–H and O–H groups in total. The molecule has 34 heavy (non-hydrogen) atoms. The lowest BCUT2D eigenvalue weighted by atomic mass is 9.72. The second kappa shape index (κ2) is 8.95. The molecule has 3 aromatic rings. The Morgan fingerprint density at radius 2 is 1.91 bits per heavy atom. The number of carbonyl (C=O) groups is 2. The highest BCUT2D eigenvalue weighted by molar-refractivity contribution is 6.31. The number of furan rings is 1. The lowest BCUT2D eigenvalue weighted by Gasteiger charge is -2.36. The van der Waals surface area contributed by atoms with Crippen LogP contribution in [0.4, 0.5) is 5.82 Å². The SMILES string of the molecule is CC1=C(C(=O)Nc2cccc(C)n2)C(c2ccccc2Cl)C2=C(CC(c3ccco3)CC2=O)N1. The minimum Gasteiger partial charge on any atom is -0.469 e. The van der Waals surface area contributed by atoms with Crippen molar-refractivity contribution < 1.29 is 14.0 Å². The Bertz CT molecular complexity index is 1340. The van der Waals surface area contributed by atoms with Crippen molar-refractivity contribution in [2.45, 2.75) is 38.5 Å². The van der Waals surface area contributed by atoms with E-state index in [2.05, 4.69) is 15.6 Å². The molecule has 2 unspecified atom stereocenters. The molecule has 0 bridgehead atoms. The van der Waals surface area contributed by atoms with Crippen molar-refractivity contribution >= 4 is 29.1 Å². The Labute approximate surface area is 202 Å². The zero-order valence-corrected chi connectivity index (χ0v) is 19.6. The van der Waals surface area contributed by atoms with Crippen molar-refractivity contribution in [2.75, 3.05) is 5.32 Å². The van der Waals surface area contributed by atoms with Crippen LogP contribution >= 0.6 is 11.6 Å². The molecule has 2 aliphatic rings. The van der Waals surface area contributed by atoms with E-state index in [1.807, 2.05) is 56.3 Å². The number of hydrogen-bond donors (Lipinski definition) is 2. The molecule has 3 heterocycles. The third kappa shape index (κ3) is 4.05. The number of nitrogens with zero attached hydrogens (tertiary/aromatic N) is 1. The smallest absolute Gasteiger partial charge is 0.255 e. The number of nitrogens with one attached hydrogen (secondary N) is 2. The van der Waals surface area contributed by atoms with Crippen molar-refractivity contribution in [2.24, 2.45) is 0 Å². The maximum atomic E-state index is 13.6. The van der Waals surface area contributed by atoms with E-state index in [4.69, 9.17) is 16.0 Å². The molecule has 2 atom stereocenters. The molecule has 0 saturated heterocycles. The first-order valence-corrected chi connectivity index (χ1v) is 11.6. The summed E-state index contributed by atoms with van der Waals surface area (Å²) in [6.45, 7) is 3.72. The summed E-state index contributed by atoms with van der Waals surface area (Å²) in [6.07, 6.45) is 2.54. The molecule has 1 aliphatic carbocycles. The third-order valence-corrected chi connectivity index (χ3v) is 6.71. The summed E-state index contributed by atoms with van der Waals surface area (Å²) < 4.78 is 5.59. The van der Waals surface area contributed by atoms with Gasteiger partial charge in [-0.3, -0.25) is 9.59 Å². The first kappa shape index (κ1) is 22.2.